The molecule has 0 aliphatic carbocycles. The summed E-state index contributed by atoms with van der Waals surface area (Å²) in [4.78, 5) is 13.8. The van der Waals surface area contributed by atoms with Crippen LogP contribution in [0.4, 0.5) is 0 Å². The predicted molar refractivity (Wildman–Crippen MR) is 71.5 cm³/mol. The summed E-state index contributed by atoms with van der Waals surface area (Å²) in [5, 5.41) is 0. The summed E-state index contributed by atoms with van der Waals surface area (Å²) in [6.45, 7) is 4.46. The molecule has 7 nitrogen and oxygen atoms in total. The number of rotatable bonds is 11. The fourth-order valence-corrected chi connectivity index (χ4v) is 1.75. The molecule has 0 amide bonds. The molecule has 7 heteroatoms. The van der Waals surface area contributed by atoms with Gasteiger partial charge in [-0.1, -0.05) is 0 Å². The first-order valence-corrected chi connectivity index (χ1v) is 6.81. The molecule has 0 N–H and O–H groups in total. The monoisotopic (exact) mass is 291 g/mol. The molecular weight excluding hydrogens is 266 g/mol. The van der Waals surface area contributed by atoms with E-state index in [2.05, 4.69) is 4.90 Å². The molecule has 0 spiro atoms. The van der Waals surface area contributed by atoms with Gasteiger partial charge in [-0.25, -0.2) is 0 Å². The van der Waals surface area contributed by atoms with Crippen molar-refractivity contribution < 1.29 is 28.5 Å². The highest BCUT2D eigenvalue weighted by Gasteiger charge is 2.18. The van der Waals surface area contributed by atoms with Crippen molar-refractivity contribution in [1.29, 1.82) is 0 Å². The molecular formula is C13H25NO6. The summed E-state index contributed by atoms with van der Waals surface area (Å²) in [6, 6.07) is 0. The van der Waals surface area contributed by atoms with Crippen LogP contribution in [0.5, 0.6) is 0 Å². The van der Waals surface area contributed by atoms with E-state index in [4.69, 9.17) is 23.7 Å². The van der Waals surface area contributed by atoms with Crippen LogP contribution >= 0.6 is 0 Å². The Labute approximate surface area is 120 Å². The standard InChI is InChI=1S/C13H25NO6/c1-16-7-5-14(6-8-17-2)4-3-13(15)19-10-12-9-18-11-20-12/h12H,3-11H2,1-2H3. The fraction of sp³-hybridized carbons (Fsp3) is 0.923. The highest BCUT2D eigenvalue weighted by molar-refractivity contribution is 5.69. The highest BCUT2D eigenvalue weighted by atomic mass is 16.7. The Bertz CT molecular complexity index is 249. The molecule has 1 saturated heterocycles. The molecule has 0 bridgehead atoms. The van der Waals surface area contributed by atoms with E-state index in [1.807, 2.05) is 0 Å². The lowest BCUT2D eigenvalue weighted by atomic mass is 10.3. The third-order valence-electron chi connectivity index (χ3n) is 2.98. The molecule has 0 aromatic rings. The topological polar surface area (TPSA) is 66.5 Å². The number of hydrogen-bond acceptors (Lipinski definition) is 7. The Hall–Kier alpha value is -0.730. The second kappa shape index (κ2) is 11.0. The SMILES string of the molecule is COCCN(CCOC)CCC(=O)OCC1COCO1. The molecule has 1 aliphatic rings. The molecule has 0 aromatic heterocycles. The van der Waals surface area contributed by atoms with Crippen LogP contribution in [0.2, 0.25) is 0 Å². The smallest absolute Gasteiger partial charge is 0.307 e. The number of nitrogens with zero attached hydrogens (tertiary/aromatic N) is 1. The Morgan fingerprint density at radius 3 is 2.45 bits per heavy atom. The van der Waals surface area contributed by atoms with Gasteiger partial charge >= 0.3 is 5.97 Å². The number of hydrogen-bond donors (Lipinski definition) is 0. The van der Waals surface area contributed by atoms with E-state index in [0.29, 0.717) is 32.8 Å². The average Bonchev–Trinajstić information content (AvgIpc) is 2.97. The molecule has 1 fully saturated rings. The number of methoxy groups -OCH3 is 2. The van der Waals surface area contributed by atoms with Crippen molar-refractivity contribution in [3.05, 3.63) is 0 Å². The zero-order chi connectivity index (χ0) is 14.6. The minimum atomic E-state index is -0.222. The second-order valence-corrected chi connectivity index (χ2v) is 4.54. The van der Waals surface area contributed by atoms with Gasteiger partial charge in [-0.05, 0) is 0 Å². The van der Waals surface area contributed by atoms with E-state index in [1.165, 1.54) is 0 Å². The molecule has 1 rings (SSSR count). The van der Waals surface area contributed by atoms with E-state index < -0.39 is 0 Å². The van der Waals surface area contributed by atoms with Crippen molar-refractivity contribution in [2.24, 2.45) is 0 Å². The summed E-state index contributed by atoms with van der Waals surface area (Å²) in [7, 11) is 3.32. The molecule has 1 atom stereocenters. The van der Waals surface area contributed by atoms with Gasteiger partial charge < -0.3 is 23.7 Å². The van der Waals surface area contributed by atoms with Crippen molar-refractivity contribution in [2.45, 2.75) is 12.5 Å². The summed E-state index contributed by atoms with van der Waals surface area (Å²) >= 11 is 0. The highest BCUT2D eigenvalue weighted by Crippen LogP contribution is 2.04. The summed E-state index contributed by atoms with van der Waals surface area (Å²) in [6.07, 6.45) is 0.220. The number of carbonyl (C=O) groups is 1. The van der Waals surface area contributed by atoms with Crippen molar-refractivity contribution in [1.82, 2.24) is 4.90 Å². The first-order valence-electron chi connectivity index (χ1n) is 6.81. The van der Waals surface area contributed by atoms with Gasteiger partial charge in [0.2, 0.25) is 0 Å². The van der Waals surface area contributed by atoms with Crippen LogP contribution in [-0.2, 0) is 28.5 Å². The van der Waals surface area contributed by atoms with Crippen LogP contribution in [0.15, 0.2) is 0 Å². The molecule has 0 radical (unpaired) electrons. The molecule has 1 heterocycles. The lowest BCUT2D eigenvalue weighted by Crippen LogP contribution is -2.33. The maximum atomic E-state index is 11.6. The van der Waals surface area contributed by atoms with E-state index in [9.17, 15) is 4.79 Å². The van der Waals surface area contributed by atoms with Crippen LogP contribution in [0.25, 0.3) is 0 Å². The lowest BCUT2D eigenvalue weighted by Gasteiger charge is -2.21. The van der Waals surface area contributed by atoms with Gasteiger partial charge in [0.25, 0.3) is 0 Å². The third kappa shape index (κ3) is 7.76. The Kier molecular flexibility index (Phi) is 9.52. The maximum absolute atomic E-state index is 11.6. The van der Waals surface area contributed by atoms with Gasteiger partial charge in [0.1, 0.15) is 19.5 Å². The number of ether oxygens (including phenoxy) is 5. The lowest BCUT2D eigenvalue weighted by molar-refractivity contribution is -0.147. The molecule has 0 aromatic carbocycles. The van der Waals surface area contributed by atoms with Gasteiger partial charge in [-0.2, -0.15) is 0 Å². The van der Waals surface area contributed by atoms with Crippen molar-refractivity contribution in [3.8, 4) is 0 Å². The van der Waals surface area contributed by atoms with E-state index >= 15 is 0 Å². The van der Waals surface area contributed by atoms with Crippen molar-refractivity contribution in [2.75, 3.05) is 67.1 Å². The summed E-state index contributed by atoms with van der Waals surface area (Å²) in [5.74, 6) is -0.222. The van der Waals surface area contributed by atoms with E-state index in [-0.39, 0.29) is 25.5 Å². The Morgan fingerprint density at radius 1 is 1.20 bits per heavy atom. The molecule has 0 saturated carbocycles. The largest absolute Gasteiger partial charge is 0.463 e. The first kappa shape index (κ1) is 17.3. The molecule has 20 heavy (non-hydrogen) atoms. The van der Waals surface area contributed by atoms with Gasteiger partial charge in [-0.3, -0.25) is 9.69 Å². The third-order valence-corrected chi connectivity index (χ3v) is 2.98. The summed E-state index contributed by atoms with van der Waals surface area (Å²) < 4.78 is 25.5. The van der Waals surface area contributed by atoms with Crippen molar-refractivity contribution >= 4 is 5.97 Å². The number of carbonyl (C=O) groups excluding carboxylic acids is 1. The summed E-state index contributed by atoms with van der Waals surface area (Å²) in [5.41, 5.74) is 0. The minimum Gasteiger partial charge on any atom is -0.463 e. The predicted octanol–water partition coefficient (Wildman–Crippen LogP) is -0.113. The number of esters is 1. The van der Waals surface area contributed by atoms with Crippen LogP contribution in [0, 0.1) is 0 Å². The average molecular weight is 291 g/mol. The Morgan fingerprint density at radius 2 is 1.90 bits per heavy atom. The van der Waals surface area contributed by atoms with Crippen LogP contribution in [0.1, 0.15) is 6.42 Å². The maximum Gasteiger partial charge on any atom is 0.307 e. The van der Waals surface area contributed by atoms with Crippen LogP contribution in [0.3, 0.4) is 0 Å². The van der Waals surface area contributed by atoms with Crippen LogP contribution in [-0.4, -0.2) is 84.0 Å². The quantitative estimate of drug-likeness (QED) is 0.492. The molecule has 118 valence electrons. The van der Waals surface area contributed by atoms with Gasteiger partial charge in [-0.15, -0.1) is 0 Å². The molecule has 1 aliphatic heterocycles. The minimum absolute atomic E-state index is 0.128. The fourth-order valence-electron chi connectivity index (χ4n) is 1.75. The zero-order valence-electron chi connectivity index (χ0n) is 12.3. The van der Waals surface area contributed by atoms with E-state index in [1.54, 1.807) is 14.2 Å². The molecule has 1 unspecified atom stereocenters. The second-order valence-electron chi connectivity index (χ2n) is 4.54. The van der Waals surface area contributed by atoms with Gasteiger partial charge in [0, 0.05) is 33.9 Å². The van der Waals surface area contributed by atoms with Crippen molar-refractivity contribution in [3.63, 3.8) is 0 Å². The van der Waals surface area contributed by atoms with Gasteiger partial charge in [0.05, 0.1) is 26.2 Å². The van der Waals surface area contributed by atoms with E-state index in [0.717, 1.165) is 13.1 Å². The Balaban J connectivity index is 2.13. The zero-order valence-corrected chi connectivity index (χ0v) is 12.3. The van der Waals surface area contributed by atoms with Gasteiger partial charge in [0.15, 0.2) is 0 Å². The normalized spacial score (nSPS) is 18.6. The van der Waals surface area contributed by atoms with Crippen LogP contribution < -0.4 is 0 Å². The first-order chi connectivity index (χ1) is 9.76.